The molecule has 1 aliphatic heterocycles. The molecule has 0 bridgehead atoms. The van der Waals surface area contributed by atoms with Crippen LogP contribution in [-0.4, -0.2) is 36.2 Å². The van der Waals surface area contributed by atoms with Gasteiger partial charge in [-0.3, -0.25) is 4.90 Å². The molecule has 1 aromatic carbocycles. The Morgan fingerprint density at radius 3 is 2.79 bits per heavy atom. The Kier molecular flexibility index (Phi) is 5.02. The zero-order valence-corrected chi connectivity index (χ0v) is 12.9. The lowest BCUT2D eigenvalue weighted by Crippen LogP contribution is -2.45. The summed E-state index contributed by atoms with van der Waals surface area (Å²) in [6, 6.07) is 5.85. The fourth-order valence-corrected chi connectivity index (χ4v) is 2.93. The van der Waals surface area contributed by atoms with Gasteiger partial charge in [-0.25, -0.2) is 0 Å². The summed E-state index contributed by atoms with van der Waals surface area (Å²) in [6.45, 7) is 10.1. The van der Waals surface area contributed by atoms with E-state index in [1.165, 1.54) is 0 Å². The second-order valence-electron chi connectivity index (χ2n) is 5.17. The molecular weight excluding hydrogens is 304 g/mol. The molecule has 0 aliphatic carbocycles. The lowest BCUT2D eigenvalue weighted by molar-refractivity contribution is 0.170. The monoisotopic (exact) mass is 324 g/mol. The molecule has 1 aromatic rings. The van der Waals surface area contributed by atoms with Gasteiger partial charge in [-0.1, -0.05) is 21.5 Å². The summed E-state index contributed by atoms with van der Waals surface area (Å²) in [5, 5.41) is 13.5. The first-order valence-electron chi connectivity index (χ1n) is 6.65. The lowest BCUT2D eigenvalue weighted by atomic mass is 9.97. The normalized spacial score (nSPS) is 18.2. The molecule has 0 unspecified atom stereocenters. The summed E-state index contributed by atoms with van der Waals surface area (Å²) in [7, 11) is 0. The highest BCUT2D eigenvalue weighted by molar-refractivity contribution is 9.10. The van der Waals surface area contributed by atoms with Gasteiger partial charge in [0.25, 0.3) is 0 Å². The third-order valence-electron chi connectivity index (χ3n) is 3.48. The van der Waals surface area contributed by atoms with E-state index < -0.39 is 0 Å². The maximum Gasteiger partial charge on any atom is 0.120 e. The Labute approximate surface area is 123 Å². The number of nitrogens with one attached hydrogen (secondary N) is 1. The van der Waals surface area contributed by atoms with E-state index in [1.807, 2.05) is 19.1 Å². The topological polar surface area (TPSA) is 35.5 Å². The molecule has 3 nitrogen and oxygen atoms in total. The number of aromatic hydroxyl groups is 1. The quantitative estimate of drug-likeness (QED) is 0.835. The van der Waals surface area contributed by atoms with Crippen molar-refractivity contribution in [1.82, 2.24) is 10.2 Å². The van der Waals surface area contributed by atoms with Crippen LogP contribution in [0.15, 0.2) is 34.8 Å². The number of halogens is 1. The van der Waals surface area contributed by atoms with Crippen LogP contribution >= 0.6 is 15.9 Å². The molecule has 2 rings (SSSR count). The summed E-state index contributed by atoms with van der Waals surface area (Å²) in [4.78, 5) is 2.42. The summed E-state index contributed by atoms with van der Waals surface area (Å²) < 4.78 is 1.00. The Bertz CT molecular complexity index is 455. The van der Waals surface area contributed by atoms with Gasteiger partial charge in [-0.05, 0) is 31.5 Å². The second-order valence-corrected chi connectivity index (χ2v) is 6.08. The molecular formula is C15H21BrN2O. The first-order chi connectivity index (χ1) is 9.08. The minimum absolute atomic E-state index is 0.206. The summed E-state index contributed by atoms with van der Waals surface area (Å²) in [5.41, 5.74) is 2.13. The summed E-state index contributed by atoms with van der Waals surface area (Å²) in [5.74, 6) is 0.369. The second kappa shape index (κ2) is 6.55. The van der Waals surface area contributed by atoms with Crippen molar-refractivity contribution in [3.63, 3.8) is 0 Å². The average Bonchev–Trinajstić information content (AvgIpc) is 2.40. The van der Waals surface area contributed by atoms with Crippen LogP contribution < -0.4 is 5.32 Å². The van der Waals surface area contributed by atoms with Crippen molar-refractivity contribution in [1.29, 1.82) is 0 Å². The molecule has 104 valence electrons. The Morgan fingerprint density at radius 2 is 2.16 bits per heavy atom. The van der Waals surface area contributed by atoms with E-state index in [0.717, 1.165) is 48.2 Å². The van der Waals surface area contributed by atoms with E-state index in [4.69, 9.17) is 0 Å². The molecule has 0 radical (unpaired) electrons. The number of phenols is 1. The van der Waals surface area contributed by atoms with E-state index in [0.29, 0.717) is 5.75 Å². The SMILES string of the molecule is C=C(C)C[C@H](c1cc(Br)ccc1O)N1CCNCC1. The van der Waals surface area contributed by atoms with E-state index in [1.54, 1.807) is 6.07 Å². The fourth-order valence-electron chi connectivity index (χ4n) is 2.55. The minimum Gasteiger partial charge on any atom is -0.508 e. The van der Waals surface area contributed by atoms with Crippen LogP contribution in [0, 0.1) is 0 Å². The molecule has 0 amide bonds. The summed E-state index contributed by atoms with van der Waals surface area (Å²) >= 11 is 3.49. The van der Waals surface area contributed by atoms with Crippen LogP contribution in [0.5, 0.6) is 5.75 Å². The van der Waals surface area contributed by atoms with Crippen LogP contribution in [0.25, 0.3) is 0 Å². The number of benzene rings is 1. The molecule has 1 fully saturated rings. The van der Waals surface area contributed by atoms with Crippen molar-refractivity contribution in [3.8, 4) is 5.75 Å². The van der Waals surface area contributed by atoms with E-state index in [2.05, 4.69) is 32.7 Å². The first kappa shape index (κ1) is 14.6. The molecule has 19 heavy (non-hydrogen) atoms. The van der Waals surface area contributed by atoms with Gasteiger partial charge in [0.05, 0.1) is 0 Å². The molecule has 1 saturated heterocycles. The maximum atomic E-state index is 10.2. The van der Waals surface area contributed by atoms with E-state index >= 15 is 0 Å². The van der Waals surface area contributed by atoms with Crippen LogP contribution in [0.3, 0.4) is 0 Å². The van der Waals surface area contributed by atoms with E-state index in [9.17, 15) is 5.11 Å². The highest BCUT2D eigenvalue weighted by Crippen LogP contribution is 2.35. The number of hydrogen-bond acceptors (Lipinski definition) is 3. The van der Waals surface area contributed by atoms with Crippen LogP contribution in [0.1, 0.15) is 24.9 Å². The van der Waals surface area contributed by atoms with Gasteiger partial charge in [0.15, 0.2) is 0 Å². The molecule has 1 atom stereocenters. The standard InChI is InChI=1S/C15H21BrN2O/c1-11(2)9-14(18-7-5-17-6-8-18)13-10-12(16)3-4-15(13)19/h3-4,10,14,17,19H,1,5-9H2,2H3/t14-/m1/s1. The average molecular weight is 325 g/mol. The largest absolute Gasteiger partial charge is 0.508 e. The molecule has 0 aromatic heterocycles. The molecule has 1 heterocycles. The number of rotatable bonds is 4. The zero-order valence-electron chi connectivity index (χ0n) is 11.3. The van der Waals surface area contributed by atoms with Crippen LogP contribution in [-0.2, 0) is 0 Å². The highest BCUT2D eigenvalue weighted by Gasteiger charge is 2.24. The van der Waals surface area contributed by atoms with Gasteiger partial charge in [-0.2, -0.15) is 0 Å². The first-order valence-corrected chi connectivity index (χ1v) is 7.45. The Balaban J connectivity index is 2.29. The van der Waals surface area contributed by atoms with Gasteiger partial charge < -0.3 is 10.4 Å². The van der Waals surface area contributed by atoms with Crippen molar-refractivity contribution >= 4 is 15.9 Å². The predicted molar refractivity (Wildman–Crippen MR) is 82.4 cm³/mol. The zero-order chi connectivity index (χ0) is 13.8. The Hall–Kier alpha value is -0.840. The lowest BCUT2D eigenvalue weighted by Gasteiger charge is -2.35. The van der Waals surface area contributed by atoms with Crippen molar-refractivity contribution in [2.75, 3.05) is 26.2 Å². The minimum atomic E-state index is 0.206. The van der Waals surface area contributed by atoms with Crippen LogP contribution in [0.2, 0.25) is 0 Å². The Morgan fingerprint density at radius 1 is 1.47 bits per heavy atom. The fraction of sp³-hybridized carbons (Fsp3) is 0.467. The molecule has 2 N–H and O–H groups in total. The van der Waals surface area contributed by atoms with Gasteiger partial charge in [-0.15, -0.1) is 6.58 Å². The number of piperazine rings is 1. The smallest absolute Gasteiger partial charge is 0.120 e. The van der Waals surface area contributed by atoms with Crippen molar-refractivity contribution < 1.29 is 5.11 Å². The molecule has 0 spiro atoms. The number of phenolic OH excluding ortho intramolecular Hbond substituents is 1. The van der Waals surface area contributed by atoms with Crippen molar-refractivity contribution in [2.45, 2.75) is 19.4 Å². The van der Waals surface area contributed by atoms with Crippen LogP contribution in [0.4, 0.5) is 0 Å². The van der Waals surface area contributed by atoms with Gasteiger partial charge >= 0.3 is 0 Å². The molecule has 0 saturated carbocycles. The van der Waals surface area contributed by atoms with Crippen molar-refractivity contribution in [3.05, 3.63) is 40.4 Å². The number of hydrogen-bond donors (Lipinski definition) is 2. The van der Waals surface area contributed by atoms with E-state index in [-0.39, 0.29) is 6.04 Å². The molecule has 4 heteroatoms. The number of nitrogens with zero attached hydrogens (tertiary/aromatic N) is 1. The van der Waals surface area contributed by atoms with Crippen molar-refractivity contribution in [2.24, 2.45) is 0 Å². The van der Waals surface area contributed by atoms with Gasteiger partial charge in [0.1, 0.15) is 5.75 Å². The highest BCUT2D eigenvalue weighted by atomic mass is 79.9. The third kappa shape index (κ3) is 3.81. The van der Waals surface area contributed by atoms with Gasteiger partial charge in [0, 0.05) is 42.3 Å². The predicted octanol–water partition coefficient (Wildman–Crippen LogP) is 3.07. The molecule has 1 aliphatic rings. The maximum absolute atomic E-state index is 10.2. The summed E-state index contributed by atoms with van der Waals surface area (Å²) in [6.07, 6.45) is 0.879. The third-order valence-corrected chi connectivity index (χ3v) is 3.98. The van der Waals surface area contributed by atoms with Gasteiger partial charge in [0.2, 0.25) is 0 Å².